The fourth-order valence-corrected chi connectivity index (χ4v) is 2.22. The van der Waals surface area contributed by atoms with E-state index in [0.29, 0.717) is 5.69 Å². The molecule has 0 radical (unpaired) electrons. The minimum absolute atomic E-state index is 0.000899. The van der Waals surface area contributed by atoms with Crippen molar-refractivity contribution < 1.29 is 19.6 Å². The lowest BCUT2D eigenvalue weighted by Gasteiger charge is -2.05. The normalized spacial score (nSPS) is 9.95. The van der Waals surface area contributed by atoms with Crippen LogP contribution in [0.4, 0.5) is 11.4 Å². The number of thioether (sulfide) groups is 1. The van der Waals surface area contributed by atoms with Gasteiger partial charge in [-0.25, -0.2) is 0 Å². The van der Waals surface area contributed by atoms with E-state index in [2.05, 4.69) is 21.2 Å². The van der Waals surface area contributed by atoms with Gasteiger partial charge in [0.15, 0.2) is 0 Å². The van der Waals surface area contributed by atoms with Gasteiger partial charge in [0.2, 0.25) is 5.91 Å². The monoisotopic (exact) mass is 348 g/mol. The Morgan fingerprint density at radius 2 is 2.11 bits per heavy atom. The second-order valence-electron chi connectivity index (χ2n) is 3.36. The molecule has 1 amide bonds. The molecule has 9 heteroatoms. The molecule has 1 aromatic carbocycles. The number of anilines is 1. The molecule has 0 saturated carbocycles. The Kier molecular flexibility index (Phi) is 5.77. The maximum Gasteiger partial charge on any atom is 0.313 e. The number of rotatable bonds is 6. The smallest absolute Gasteiger partial charge is 0.313 e. The average molecular weight is 349 g/mol. The molecule has 0 spiro atoms. The first-order valence-electron chi connectivity index (χ1n) is 4.93. The van der Waals surface area contributed by atoms with Crippen LogP contribution in [-0.2, 0) is 9.59 Å². The largest absolute Gasteiger partial charge is 0.481 e. The number of carboxylic acid groups (broad SMARTS) is 1. The fourth-order valence-electron chi connectivity index (χ4n) is 1.16. The zero-order valence-corrected chi connectivity index (χ0v) is 11.9. The molecule has 102 valence electrons. The summed E-state index contributed by atoms with van der Waals surface area (Å²) in [7, 11) is 0. The Balaban J connectivity index is 2.58. The number of hydrogen-bond acceptors (Lipinski definition) is 5. The highest BCUT2D eigenvalue weighted by Gasteiger charge is 2.12. The molecule has 2 N–H and O–H groups in total. The van der Waals surface area contributed by atoms with E-state index in [1.54, 1.807) is 0 Å². The van der Waals surface area contributed by atoms with Crippen molar-refractivity contribution in [2.24, 2.45) is 0 Å². The number of hydrogen-bond donors (Lipinski definition) is 2. The first-order chi connectivity index (χ1) is 8.90. The summed E-state index contributed by atoms with van der Waals surface area (Å²) in [5.41, 5.74) is 0.302. The number of nitrogens with zero attached hydrogens (tertiary/aromatic N) is 1. The molecule has 0 unspecified atom stereocenters. The summed E-state index contributed by atoms with van der Waals surface area (Å²) in [5, 5.41) is 21.5. The van der Waals surface area contributed by atoms with E-state index < -0.39 is 10.9 Å². The second kappa shape index (κ2) is 7.10. The number of nitrogens with one attached hydrogen (secondary N) is 1. The van der Waals surface area contributed by atoms with Crippen LogP contribution in [0.1, 0.15) is 0 Å². The van der Waals surface area contributed by atoms with Crippen molar-refractivity contribution in [2.75, 3.05) is 16.8 Å². The summed E-state index contributed by atoms with van der Waals surface area (Å²) in [5.74, 6) is -1.51. The van der Waals surface area contributed by atoms with E-state index in [4.69, 9.17) is 5.11 Å². The van der Waals surface area contributed by atoms with Crippen LogP contribution in [0.5, 0.6) is 0 Å². The lowest BCUT2D eigenvalue weighted by molar-refractivity contribution is -0.385. The van der Waals surface area contributed by atoms with E-state index in [9.17, 15) is 19.7 Å². The summed E-state index contributed by atoms with van der Waals surface area (Å²) >= 11 is 4.00. The quantitative estimate of drug-likeness (QED) is 0.601. The average Bonchev–Trinajstić information content (AvgIpc) is 2.27. The summed E-state index contributed by atoms with van der Waals surface area (Å²) in [6.45, 7) is 0. The van der Waals surface area contributed by atoms with Crippen LogP contribution >= 0.6 is 27.7 Å². The first kappa shape index (κ1) is 15.4. The molecule has 19 heavy (non-hydrogen) atoms. The van der Waals surface area contributed by atoms with Gasteiger partial charge < -0.3 is 10.4 Å². The molecule has 0 saturated heterocycles. The highest BCUT2D eigenvalue weighted by Crippen LogP contribution is 2.27. The van der Waals surface area contributed by atoms with Crippen LogP contribution in [0.25, 0.3) is 0 Å². The topological polar surface area (TPSA) is 110 Å². The lowest BCUT2D eigenvalue weighted by Crippen LogP contribution is -2.15. The standard InChI is InChI=1S/C10H9BrN2O5S/c11-7-3-6(1-2-8(7)13(17)18)12-9(14)4-19-5-10(15)16/h1-3H,4-5H2,(H,12,14)(H,15,16). The van der Waals surface area contributed by atoms with Crippen LogP contribution < -0.4 is 5.32 Å². The van der Waals surface area contributed by atoms with Crippen molar-refractivity contribution in [3.05, 3.63) is 32.8 Å². The molecular formula is C10H9BrN2O5S. The van der Waals surface area contributed by atoms with Crippen molar-refractivity contribution in [3.8, 4) is 0 Å². The Hall–Kier alpha value is -1.61. The van der Waals surface area contributed by atoms with E-state index in [-0.39, 0.29) is 27.6 Å². The number of amides is 1. The molecule has 0 aliphatic rings. The van der Waals surface area contributed by atoms with E-state index in [1.165, 1.54) is 18.2 Å². The Labute approximate surface area is 120 Å². The Bertz CT molecular complexity index is 523. The molecule has 1 rings (SSSR count). The highest BCUT2D eigenvalue weighted by atomic mass is 79.9. The number of nitro groups is 1. The molecule has 0 atom stereocenters. The van der Waals surface area contributed by atoms with Crippen molar-refractivity contribution in [1.82, 2.24) is 0 Å². The molecule has 0 aromatic heterocycles. The van der Waals surface area contributed by atoms with E-state index in [1.807, 2.05) is 0 Å². The number of benzene rings is 1. The van der Waals surface area contributed by atoms with Crippen LogP contribution in [0.2, 0.25) is 0 Å². The van der Waals surface area contributed by atoms with Gasteiger partial charge in [-0.1, -0.05) is 0 Å². The maximum absolute atomic E-state index is 11.4. The summed E-state index contributed by atoms with van der Waals surface area (Å²) in [4.78, 5) is 31.8. The number of carbonyl (C=O) groups excluding carboxylic acids is 1. The van der Waals surface area contributed by atoms with Gasteiger partial charge in [0.1, 0.15) is 0 Å². The second-order valence-corrected chi connectivity index (χ2v) is 5.20. The third kappa shape index (κ3) is 5.26. The Morgan fingerprint density at radius 1 is 1.42 bits per heavy atom. The van der Waals surface area contributed by atoms with Gasteiger partial charge in [-0.05, 0) is 28.1 Å². The van der Waals surface area contributed by atoms with Crippen molar-refractivity contribution in [3.63, 3.8) is 0 Å². The van der Waals surface area contributed by atoms with Gasteiger partial charge in [0.25, 0.3) is 5.69 Å². The van der Waals surface area contributed by atoms with Gasteiger partial charge in [0, 0.05) is 11.8 Å². The third-order valence-electron chi connectivity index (χ3n) is 1.89. The number of nitro benzene ring substituents is 1. The van der Waals surface area contributed by atoms with Crippen LogP contribution in [0.3, 0.4) is 0 Å². The van der Waals surface area contributed by atoms with Gasteiger partial charge in [-0.2, -0.15) is 0 Å². The van der Waals surface area contributed by atoms with Crippen molar-refractivity contribution in [2.45, 2.75) is 0 Å². The van der Waals surface area contributed by atoms with Crippen molar-refractivity contribution >= 4 is 50.9 Å². The molecule has 0 fully saturated rings. The number of carbonyl (C=O) groups is 2. The highest BCUT2D eigenvalue weighted by molar-refractivity contribution is 9.10. The predicted molar refractivity (Wildman–Crippen MR) is 74.4 cm³/mol. The van der Waals surface area contributed by atoms with Crippen LogP contribution in [0.15, 0.2) is 22.7 Å². The van der Waals surface area contributed by atoms with Crippen LogP contribution in [0, 0.1) is 10.1 Å². The minimum atomic E-state index is -0.990. The van der Waals surface area contributed by atoms with Crippen LogP contribution in [-0.4, -0.2) is 33.4 Å². The Morgan fingerprint density at radius 3 is 2.63 bits per heavy atom. The SMILES string of the molecule is O=C(O)CSCC(=O)Nc1ccc([N+](=O)[O-])c(Br)c1. The van der Waals surface area contributed by atoms with Gasteiger partial charge in [0.05, 0.1) is 20.9 Å². The molecule has 0 heterocycles. The van der Waals surface area contributed by atoms with Crippen molar-refractivity contribution in [1.29, 1.82) is 0 Å². The molecule has 1 aromatic rings. The summed E-state index contributed by atoms with van der Waals surface area (Å²) in [6, 6.07) is 4.09. The molecule has 0 bridgehead atoms. The van der Waals surface area contributed by atoms with E-state index in [0.717, 1.165) is 11.8 Å². The zero-order valence-electron chi connectivity index (χ0n) is 9.46. The number of aliphatic carboxylic acids is 1. The lowest BCUT2D eigenvalue weighted by atomic mass is 10.3. The molecule has 7 nitrogen and oxygen atoms in total. The van der Waals surface area contributed by atoms with Gasteiger partial charge in [-0.15, -0.1) is 11.8 Å². The molecule has 0 aliphatic heterocycles. The number of halogens is 1. The summed E-state index contributed by atoms with van der Waals surface area (Å²) in [6.07, 6.45) is 0. The molecular weight excluding hydrogens is 340 g/mol. The third-order valence-corrected chi connectivity index (χ3v) is 3.44. The fraction of sp³-hybridized carbons (Fsp3) is 0.200. The van der Waals surface area contributed by atoms with E-state index >= 15 is 0 Å². The predicted octanol–water partition coefficient (Wildman–Crippen LogP) is 2.11. The summed E-state index contributed by atoms with van der Waals surface area (Å²) < 4.78 is 0.258. The minimum Gasteiger partial charge on any atom is -0.481 e. The maximum atomic E-state index is 11.4. The first-order valence-corrected chi connectivity index (χ1v) is 6.88. The molecule has 0 aliphatic carbocycles. The number of carboxylic acids is 1. The van der Waals surface area contributed by atoms with Gasteiger partial charge in [-0.3, -0.25) is 19.7 Å². The van der Waals surface area contributed by atoms with Gasteiger partial charge >= 0.3 is 5.97 Å². The zero-order chi connectivity index (χ0) is 14.4.